The van der Waals surface area contributed by atoms with Gasteiger partial charge in [-0.15, -0.1) is 0 Å². The summed E-state index contributed by atoms with van der Waals surface area (Å²) in [6.07, 6.45) is 0. The number of anilines is 3. The van der Waals surface area contributed by atoms with E-state index < -0.39 is 0 Å². The first-order chi connectivity index (χ1) is 34.3. The molecule has 324 valence electrons. The van der Waals surface area contributed by atoms with Crippen LogP contribution in [-0.2, 0) is 0 Å². The van der Waals surface area contributed by atoms with E-state index in [1.807, 2.05) is 6.07 Å². The van der Waals surface area contributed by atoms with Crippen LogP contribution in [0.2, 0.25) is 0 Å². The highest BCUT2D eigenvalue weighted by Gasteiger charge is 2.26. The topological polar surface area (TPSA) is 21.3 Å². The van der Waals surface area contributed by atoms with Gasteiger partial charge in [0.05, 0.1) is 22.4 Å². The van der Waals surface area contributed by atoms with Gasteiger partial charge in [-0.05, 0) is 99.6 Å². The molecule has 13 aromatic rings. The quantitative estimate of drug-likeness (QED) is 0.144. The van der Waals surface area contributed by atoms with Gasteiger partial charge in [-0.2, -0.15) is 0 Å². The lowest BCUT2D eigenvalue weighted by Gasteiger charge is -2.31. The van der Waals surface area contributed by atoms with E-state index in [1.54, 1.807) is 0 Å². The van der Waals surface area contributed by atoms with Gasteiger partial charge in [0.25, 0.3) is 0 Å². The molecule has 13 rings (SSSR count). The lowest BCUT2D eigenvalue weighted by Crippen LogP contribution is -2.13. The normalized spacial score (nSPS) is 11.5. The zero-order valence-corrected chi connectivity index (χ0v) is 37.7. The van der Waals surface area contributed by atoms with E-state index in [4.69, 9.17) is 4.42 Å². The molecule has 0 radical (unpaired) electrons. The largest absolute Gasteiger partial charge is 0.455 e. The summed E-state index contributed by atoms with van der Waals surface area (Å²) >= 11 is 0. The average molecular weight is 881 g/mol. The van der Waals surface area contributed by atoms with Crippen LogP contribution in [0.3, 0.4) is 0 Å². The Kier molecular flexibility index (Phi) is 9.84. The van der Waals surface area contributed by atoms with Crippen molar-refractivity contribution < 1.29 is 4.42 Å². The molecule has 0 spiro atoms. The molecule has 0 aliphatic rings. The van der Waals surface area contributed by atoms with E-state index in [9.17, 15) is 0 Å². The van der Waals surface area contributed by atoms with Gasteiger partial charge >= 0.3 is 0 Å². The summed E-state index contributed by atoms with van der Waals surface area (Å²) in [6.45, 7) is 0. The zero-order valence-electron chi connectivity index (χ0n) is 37.7. The number of hydrogen-bond donors (Lipinski definition) is 0. The fourth-order valence-corrected chi connectivity index (χ4v) is 10.6. The summed E-state index contributed by atoms with van der Waals surface area (Å²) in [4.78, 5) is 2.48. The Bertz CT molecular complexity index is 4020. The number of benzene rings is 11. The van der Waals surface area contributed by atoms with Crippen molar-refractivity contribution in [3.8, 4) is 61.3 Å². The van der Waals surface area contributed by atoms with E-state index in [-0.39, 0.29) is 0 Å². The first-order valence-electron chi connectivity index (χ1n) is 23.6. The number of fused-ring (bicyclic) bond motifs is 6. The second-order valence-electron chi connectivity index (χ2n) is 17.6. The highest BCUT2D eigenvalue weighted by Crippen LogP contribution is 2.50. The molecule has 0 fully saturated rings. The predicted molar refractivity (Wildman–Crippen MR) is 290 cm³/mol. The Morgan fingerprint density at radius 3 is 1.72 bits per heavy atom. The minimum absolute atomic E-state index is 0.873. The van der Waals surface area contributed by atoms with Crippen molar-refractivity contribution in [1.82, 2.24) is 4.57 Å². The number of nitrogens with zero attached hydrogens (tertiary/aromatic N) is 2. The maximum Gasteiger partial charge on any atom is 0.143 e. The Labute approximate surface area is 401 Å². The summed E-state index contributed by atoms with van der Waals surface area (Å²) in [6, 6.07) is 96.2. The van der Waals surface area contributed by atoms with Gasteiger partial charge in [-0.25, -0.2) is 0 Å². The molecule has 0 aliphatic carbocycles. The van der Waals surface area contributed by atoms with E-state index in [1.165, 1.54) is 32.9 Å². The van der Waals surface area contributed by atoms with Gasteiger partial charge in [-0.3, -0.25) is 0 Å². The maximum absolute atomic E-state index is 6.81. The number of rotatable bonds is 9. The molecule has 11 aromatic carbocycles. The van der Waals surface area contributed by atoms with Crippen molar-refractivity contribution in [1.29, 1.82) is 0 Å². The lowest BCUT2D eigenvalue weighted by atomic mass is 9.89. The molecule has 2 heterocycles. The SMILES string of the molecule is c1ccc(-c2cccc(-c3c(-c4cccc5c4oc4ccccc45)cccc3N(c3cccc(-c4cccc5c4c4ccccc4n5-c4ccccc4)c3)c3ccccc3-c3ccccc3)c2)cc1. The van der Waals surface area contributed by atoms with Crippen LogP contribution in [0.4, 0.5) is 17.1 Å². The van der Waals surface area contributed by atoms with Gasteiger partial charge in [0, 0.05) is 49.6 Å². The highest BCUT2D eigenvalue weighted by atomic mass is 16.3. The molecule has 0 bridgehead atoms. The average Bonchev–Trinajstić information content (AvgIpc) is 3.98. The molecule has 0 aliphatic heterocycles. The van der Waals surface area contributed by atoms with Crippen LogP contribution in [0, 0.1) is 0 Å². The number of hydrogen-bond acceptors (Lipinski definition) is 2. The van der Waals surface area contributed by atoms with Crippen molar-refractivity contribution in [3.63, 3.8) is 0 Å². The van der Waals surface area contributed by atoms with Crippen LogP contribution in [-0.4, -0.2) is 4.57 Å². The second kappa shape index (κ2) is 16.9. The van der Waals surface area contributed by atoms with Crippen molar-refractivity contribution in [2.24, 2.45) is 0 Å². The van der Waals surface area contributed by atoms with Crippen LogP contribution in [0.5, 0.6) is 0 Å². The Morgan fingerprint density at radius 1 is 0.319 bits per heavy atom. The van der Waals surface area contributed by atoms with Crippen LogP contribution in [0.1, 0.15) is 0 Å². The summed E-state index contributed by atoms with van der Waals surface area (Å²) < 4.78 is 9.21. The van der Waals surface area contributed by atoms with Crippen LogP contribution in [0.15, 0.2) is 271 Å². The summed E-state index contributed by atoms with van der Waals surface area (Å²) in [5.41, 5.74) is 19.6. The minimum Gasteiger partial charge on any atom is -0.455 e. The first-order valence-corrected chi connectivity index (χ1v) is 23.6. The molecule has 0 saturated carbocycles. The Balaban J connectivity index is 1.10. The highest BCUT2D eigenvalue weighted by molar-refractivity contribution is 6.16. The fraction of sp³-hybridized carbons (Fsp3) is 0. The molecule has 2 aromatic heterocycles. The van der Waals surface area contributed by atoms with Gasteiger partial charge in [0.15, 0.2) is 0 Å². The molecule has 69 heavy (non-hydrogen) atoms. The molecule has 0 atom stereocenters. The molecular formula is C66H44N2O. The van der Waals surface area contributed by atoms with Gasteiger partial charge in [-0.1, -0.05) is 206 Å². The molecule has 3 nitrogen and oxygen atoms in total. The lowest BCUT2D eigenvalue weighted by molar-refractivity contribution is 0.670. The monoisotopic (exact) mass is 880 g/mol. The molecular weight excluding hydrogens is 837 g/mol. The van der Waals surface area contributed by atoms with Crippen molar-refractivity contribution >= 4 is 60.8 Å². The van der Waals surface area contributed by atoms with Gasteiger partial charge in [0.2, 0.25) is 0 Å². The van der Waals surface area contributed by atoms with Crippen molar-refractivity contribution in [2.75, 3.05) is 4.90 Å². The van der Waals surface area contributed by atoms with Crippen LogP contribution < -0.4 is 4.90 Å². The van der Waals surface area contributed by atoms with E-state index in [0.717, 1.165) is 89.2 Å². The maximum atomic E-state index is 6.81. The van der Waals surface area contributed by atoms with Crippen molar-refractivity contribution in [3.05, 3.63) is 267 Å². The molecule has 0 unspecified atom stereocenters. The zero-order chi connectivity index (χ0) is 45.7. The third-order valence-electron chi connectivity index (χ3n) is 13.6. The smallest absolute Gasteiger partial charge is 0.143 e. The fourth-order valence-electron chi connectivity index (χ4n) is 10.6. The summed E-state index contributed by atoms with van der Waals surface area (Å²) in [5, 5.41) is 4.65. The van der Waals surface area contributed by atoms with Crippen LogP contribution >= 0.6 is 0 Å². The number of furan rings is 1. The first kappa shape index (κ1) is 40.1. The molecule has 0 saturated heterocycles. The predicted octanol–water partition coefficient (Wildman–Crippen LogP) is 18.5. The molecule has 3 heteroatoms. The van der Waals surface area contributed by atoms with Gasteiger partial charge in [0.1, 0.15) is 11.2 Å². The minimum atomic E-state index is 0.873. The molecule has 0 amide bonds. The third kappa shape index (κ3) is 6.91. The number of para-hydroxylation sites is 5. The summed E-state index contributed by atoms with van der Waals surface area (Å²) in [7, 11) is 0. The number of aromatic nitrogens is 1. The summed E-state index contributed by atoms with van der Waals surface area (Å²) in [5.74, 6) is 0. The van der Waals surface area contributed by atoms with E-state index >= 15 is 0 Å². The Morgan fingerprint density at radius 2 is 0.870 bits per heavy atom. The van der Waals surface area contributed by atoms with Crippen molar-refractivity contribution in [2.45, 2.75) is 0 Å². The van der Waals surface area contributed by atoms with E-state index in [2.05, 4.69) is 270 Å². The second-order valence-corrected chi connectivity index (χ2v) is 17.6. The standard InChI is InChI=1S/C66H44N2O/c1-4-21-45(22-5-1)47-25-16-27-49(43-47)64-55(57-37-18-36-56-54-32-12-15-42-63(54)69-66(56)57)35-20-40-61(64)68(59-38-13-10-31-52(59)46-23-6-2-7-24-46)51-30-17-26-48(44-51)53-34-19-41-62-65(53)58-33-11-14-39-60(58)67(62)50-28-8-3-9-29-50/h1-44H. The van der Waals surface area contributed by atoms with E-state index in [0.29, 0.717) is 0 Å². The molecule has 0 N–H and O–H groups in total. The van der Waals surface area contributed by atoms with Crippen LogP contribution in [0.25, 0.3) is 105 Å². The third-order valence-corrected chi connectivity index (χ3v) is 13.6. The van der Waals surface area contributed by atoms with Gasteiger partial charge < -0.3 is 13.9 Å². The Hall–Kier alpha value is -9.18.